The molecule has 0 fully saturated rings. The van der Waals surface area contributed by atoms with Crippen molar-refractivity contribution >= 4 is 10.9 Å². The number of rotatable bonds is 2. The van der Waals surface area contributed by atoms with Gasteiger partial charge in [0, 0.05) is 0 Å². The zero-order valence-electron chi connectivity index (χ0n) is 11.6. The van der Waals surface area contributed by atoms with Crippen LogP contribution in [-0.2, 0) is 0 Å². The highest BCUT2D eigenvalue weighted by Crippen LogP contribution is 2.30. The van der Waals surface area contributed by atoms with E-state index in [1.54, 1.807) is 31.2 Å². The number of aryl methyl sites for hydroxylation is 1. The summed E-state index contributed by atoms with van der Waals surface area (Å²) in [4.78, 5) is 19.1. The number of methoxy groups -OCH3 is 1. The lowest BCUT2D eigenvalue weighted by molar-refractivity contribution is 0.419. The Morgan fingerprint density at radius 2 is 1.86 bits per heavy atom. The minimum Gasteiger partial charge on any atom is -0.494 e. The minimum atomic E-state index is -0.304. The van der Waals surface area contributed by atoms with Crippen LogP contribution in [-0.4, -0.2) is 17.1 Å². The van der Waals surface area contributed by atoms with E-state index in [-0.39, 0.29) is 11.4 Å². The lowest BCUT2D eigenvalue weighted by Gasteiger charge is -2.09. The first kappa shape index (κ1) is 13.3. The predicted molar refractivity (Wildman–Crippen MR) is 79.0 cm³/mol. The Hall–Kier alpha value is -2.69. The van der Waals surface area contributed by atoms with Crippen LogP contribution in [0.1, 0.15) is 5.82 Å². The van der Waals surface area contributed by atoms with Crippen LogP contribution in [0.4, 0.5) is 4.39 Å². The highest BCUT2D eigenvalue weighted by atomic mass is 19.1. The SMILES string of the molecule is COc1cc(-c2ccc(F)cc2)cc2c(=O)[nH]c(C)nc12. The van der Waals surface area contributed by atoms with Crippen LogP contribution in [0.2, 0.25) is 0 Å². The monoisotopic (exact) mass is 284 g/mol. The van der Waals surface area contributed by atoms with E-state index >= 15 is 0 Å². The van der Waals surface area contributed by atoms with Crippen LogP contribution in [0.25, 0.3) is 22.0 Å². The molecule has 1 N–H and O–H groups in total. The molecule has 0 aliphatic heterocycles. The highest BCUT2D eigenvalue weighted by molar-refractivity contribution is 5.89. The molecule has 0 saturated carbocycles. The average Bonchev–Trinajstić information content (AvgIpc) is 2.47. The Kier molecular flexibility index (Phi) is 3.17. The van der Waals surface area contributed by atoms with Gasteiger partial charge in [-0.25, -0.2) is 9.37 Å². The molecule has 0 saturated heterocycles. The first-order valence-electron chi connectivity index (χ1n) is 6.43. The van der Waals surface area contributed by atoms with Crippen LogP contribution in [0.5, 0.6) is 5.75 Å². The van der Waals surface area contributed by atoms with Crippen molar-refractivity contribution in [1.29, 1.82) is 0 Å². The number of benzene rings is 2. The Labute approximate surface area is 120 Å². The van der Waals surface area contributed by atoms with Gasteiger partial charge in [0.15, 0.2) is 0 Å². The third kappa shape index (κ3) is 2.38. The van der Waals surface area contributed by atoms with Gasteiger partial charge in [0.25, 0.3) is 5.56 Å². The lowest BCUT2D eigenvalue weighted by atomic mass is 10.0. The summed E-state index contributed by atoms with van der Waals surface area (Å²) in [6.07, 6.45) is 0. The zero-order chi connectivity index (χ0) is 15.0. The minimum absolute atomic E-state index is 0.222. The molecule has 5 heteroatoms. The van der Waals surface area contributed by atoms with Gasteiger partial charge in [0.2, 0.25) is 0 Å². The molecule has 0 radical (unpaired) electrons. The second kappa shape index (κ2) is 5.01. The molecule has 2 aromatic carbocycles. The van der Waals surface area contributed by atoms with Gasteiger partial charge in [-0.05, 0) is 42.3 Å². The van der Waals surface area contributed by atoms with E-state index in [2.05, 4.69) is 9.97 Å². The summed E-state index contributed by atoms with van der Waals surface area (Å²) in [6, 6.07) is 9.60. The van der Waals surface area contributed by atoms with E-state index in [1.165, 1.54) is 19.2 Å². The summed E-state index contributed by atoms with van der Waals surface area (Å²) < 4.78 is 18.4. The zero-order valence-corrected chi connectivity index (χ0v) is 11.6. The van der Waals surface area contributed by atoms with Crippen LogP contribution >= 0.6 is 0 Å². The van der Waals surface area contributed by atoms with Gasteiger partial charge in [-0.2, -0.15) is 0 Å². The Bertz CT molecular complexity index is 870. The molecule has 0 unspecified atom stereocenters. The number of hydrogen-bond donors (Lipinski definition) is 1. The summed E-state index contributed by atoms with van der Waals surface area (Å²) in [5, 5.41) is 0.444. The molecular weight excluding hydrogens is 271 g/mol. The van der Waals surface area contributed by atoms with Crippen molar-refractivity contribution in [2.45, 2.75) is 6.92 Å². The van der Waals surface area contributed by atoms with Gasteiger partial charge >= 0.3 is 0 Å². The number of fused-ring (bicyclic) bond motifs is 1. The first-order valence-corrected chi connectivity index (χ1v) is 6.43. The summed E-state index contributed by atoms with van der Waals surface area (Å²) >= 11 is 0. The fourth-order valence-corrected chi connectivity index (χ4v) is 2.29. The Morgan fingerprint density at radius 1 is 1.14 bits per heavy atom. The molecule has 1 aromatic heterocycles. The van der Waals surface area contributed by atoms with E-state index in [4.69, 9.17) is 4.74 Å². The van der Waals surface area contributed by atoms with Gasteiger partial charge < -0.3 is 9.72 Å². The molecule has 106 valence electrons. The molecule has 0 atom stereocenters. The molecule has 0 aliphatic carbocycles. The second-order valence-electron chi connectivity index (χ2n) is 4.73. The van der Waals surface area contributed by atoms with E-state index in [1.807, 2.05) is 0 Å². The van der Waals surface area contributed by atoms with Gasteiger partial charge in [0.05, 0.1) is 12.5 Å². The van der Waals surface area contributed by atoms with E-state index in [0.29, 0.717) is 22.5 Å². The number of aromatic nitrogens is 2. The molecule has 4 nitrogen and oxygen atoms in total. The third-order valence-corrected chi connectivity index (χ3v) is 3.29. The van der Waals surface area contributed by atoms with Gasteiger partial charge in [-0.15, -0.1) is 0 Å². The Balaban J connectivity index is 2.31. The molecule has 3 aromatic rings. The molecule has 21 heavy (non-hydrogen) atoms. The Morgan fingerprint density at radius 3 is 2.52 bits per heavy atom. The number of nitrogens with one attached hydrogen (secondary N) is 1. The largest absolute Gasteiger partial charge is 0.494 e. The molecular formula is C16H13FN2O2. The molecule has 0 aliphatic rings. The number of nitrogens with zero attached hydrogens (tertiary/aromatic N) is 1. The van der Waals surface area contributed by atoms with E-state index < -0.39 is 0 Å². The van der Waals surface area contributed by atoms with Crippen molar-refractivity contribution in [3.8, 4) is 16.9 Å². The van der Waals surface area contributed by atoms with Crippen molar-refractivity contribution < 1.29 is 9.13 Å². The number of H-pyrrole nitrogens is 1. The van der Waals surface area contributed by atoms with Crippen LogP contribution in [0.15, 0.2) is 41.2 Å². The van der Waals surface area contributed by atoms with Crippen molar-refractivity contribution in [1.82, 2.24) is 9.97 Å². The van der Waals surface area contributed by atoms with Gasteiger partial charge in [-0.1, -0.05) is 12.1 Å². The van der Waals surface area contributed by atoms with Crippen molar-refractivity contribution in [2.75, 3.05) is 7.11 Å². The van der Waals surface area contributed by atoms with Crippen molar-refractivity contribution in [2.24, 2.45) is 0 Å². The fraction of sp³-hybridized carbons (Fsp3) is 0.125. The van der Waals surface area contributed by atoms with Crippen molar-refractivity contribution in [3.05, 3.63) is 58.4 Å². The third-order valence-electron chi connectivity index (χ3n) is 3.29. The second-order valence-corrected chi connectivity index (χ2v) is 4.73. The molecule has 3 rings (SSSR count). The number of halogens is 1. The highest BCUT2D eigenvalue weighted by Gasteiger charge is 2.11. The lowest BCUT2D eigenvalue weighted by Crippen LogP contribution is -2.10. The summed E-state index contributed by atoms with van der Waals surface area (Å²) in [7, 11) is 1.53. The number of aromatic amines is 1. The average molecular weight is 284 g/mol. The molecule has 0 amide bonds. The quantitative estimate of drug-likeness (QED) is 0.787. The smallest absolute Gasteiger partial charge is 0.258 e. The topological polar surface area (TPSA) is 55.0 Å². The number of hydrogen-bond acceptors (Lipinski definition) is 3. The molecule has 0 spiro atoms. The molecule has 1 heterocycles. The standard InChI is InChI=1S/C16H13FN2O2/c1-9-18-15-13(16(20)19-9)7-11(8-14(15)21-2)10-3-5-12(17)6-4-10/h3-8H,1-2H3,(H,18,19,20). The van der Waals surface area contributed by atoms with E-state index in [9.17, 15) is 9.18 Å². The number of ether oxygens (including phenoxy) is 1. The van der Waals surface area contributed by atoms with Gasteiger partial charge in [0.1, 0.15) is 22.9 Å². The maximum Gasteiger partial charge on any atom is 0.258 e. The summed E-state index contributed by atoms with van der Waals surface area (Å²) in [5.41, 5.74) is 1.87. The molecule has 0 bridgehead atoms. The first-order chi connectivity index (χ1) is 10.1. The summed E-state index contributed by atoms with van der Waals surface area (Å²) in [6.45, 7) is 1.72. The van der Waals surface area contributed by atoms with Gasteiger partial charge in [-0.3, -0.25) is 4.79 Å². The van der Waals surface area contributed by atoms with Crippen molar-refractivity contribution in [3.63, 3.8) is 0 Å². The summed E-state index contributed by atoms with van der Waals surface area (Å²) in [5.74, 6) is 0.739. The van der Waals surface area contributed by atoms with Crippen LogP contribution in [0, 0.1) is 12.7 Å². The maximum absolute atomic E-state index is 13.0. The normalized spacial score (nSPS) is 10.8. The fourth-order valence-electron chi connectivity index (χ4n) is 2.29. The van der Waals surface area contributed by atoms with Crippen LogP contribution < -0.4 is 10.3 Å². The van der Waals surface area contributed by atoms with E-state index in [0.717, 1.165) is 11.1 Å². The van der Waals surface area contributed by atoms with Crippen LogP contribution in [0.3, 0.4) is 0 Å². The predicted octanol–water partition coefficient (Wildman–Crippen LogP) is 3.05. The maximum atomic E-state index is 13.0.